The Morgan fingerprint density at radius 1 is 1.44 bits per heavy atom. The fourth-order valence-electron chi connectivity index (χ4n) is 0.547. The summed E-state index contributed by atoms with van der Waals surface area (Å²) in [4.78, 5) is 0. The SMILES string of the molecule is CC(CCO)C(C)(C)O. The van der Waals surface area contributed by atoms with Gasteiger partial charge in [-0.2, -0.15) is 0 Å². The molecule has 0 amide bonds. The second-order valence-corrected chi connectivity index (χ2v) is 3.07. The zero-order valence-electron chi connectivity index (χ0n) is 6.39. The minimum Gasteiger partial charge on any atom is -0.396 e. The van der Waals surface area contributed by atoms with Gasteiger partial charge in [0.2, 0.25) is 0 Å². The van der Waals surface area contributed by atoms with Crippen molar-refractivity contribution in [2.45, 2.75) is 32.8 Å². The number of aliphatic hydroxyl groups excluding tert-OH is 1. The first-order valence-electron chi connectivity index (χ1n) is 3.31. The summed E-state index contributed by atoms with van der Waals surface area (Å²) >= 11 is 0. The van der Waals surface area contributed by atoms with Gasteiger partial charge in [-0.15, -0.1) is 0 Å². The van der Waals surface area contributed by atoms with E-state index in [1.807, 2.05) is 6.92 Å². The molecular formula is C7H16O2. The highest BCUT2D eigenvalue weighted by Crippen LogP contribution is 2.17. The van der Waals surface area contributed by atoms with E-state index in [0.717, 1.165) is 0 Å². The van der Waals surface area contributed by atoms with Gasteiger partial charge in [0, 0.05) is 6.61 Å². The van der Waals surface area contributed by atoms with Gasteiger partial charge in [0.05, 0.1) is 5.60 Å². The molecule has 2 N–H and O–H groups in total. The molecule has 0 aromatic heterocycles. The van der Waals surface area contributed by atoms with Gasteiger partial charge < -0.3 is 10.2 Å². The van der Waals surface area contributed by atoms with Gasteiger partial charge in [0.1, 0.15) is 0 Å². The molecule has 1 unspecified atom stereocenters. The monoisotopic (exact) mass is 132 g/mol. The van der Waals surface area contributed by atoms with Crippen LogP contribution in [0.5, 0.6) is 0 Å². The highest BCUT2D eigenvalue weighted by atomic mass is 16.3. The highest BCUT2D eigenvalue weighted by molar-refractivity contribution is 4.72. The van der Waals surface area contributed by atoms with Crippen LogP contribution in [0.3, 0.4) is 0 Å². The summed E-state index contributed by atoms with van der Waals surface area (Å²) in [7, 11) is 0. The van der Waals surface area contributed by atoms with E-state index in [9.17, 15) is 5.11 Å². The van der Waals surface area contributed by atoms with Crippen LogP contribution in [0.4, 0.5) is 0 Å². The molecule has 0 radical (unpaired) electrons. The third-order valence-corrected chi connectivity index (χ3v) is 1.77. The second kappa shape index (κ2) is 3.18. The average Bonchev–Trinajstić information content (AvgIpc) is 1.64. The van der Waals surface area contributed by atoms with Crippen molar-refractivity contribution >= 4 is 0 Å². The molecule has 2 nitrogen and oxygen atoms in total. The van der Waals surface area contributed by atoms with Crippen LogP contribution in [0.1, 0.15) is 27.2 Å². The summed E-state index contributed by atoms with van der Waals surface area (Å²) in [5, 5.41) is 17.8. The van der Waals surface area contributed by atoms with Crippen LogP contribution in [0.15, 0.2) is 0 Å². The van der Waals surface area contributed by atoms with Crippen molar-refractivity contribution in [1.29, 1.82) is 0 Å². The number of hydrogen-bond acceptors (Lipinski definition) is 2. The third-order valence-electron chi connectivity index (χ3n) is 1.77. The summed E-state index contributed by atoms with van der Waals surface area (Å²) in [6, 6.07) is 0. The molecular weight excluding hydrogens is 116 g/mol. The maximum absolute atomic E-state index is 9.31. The molecule has 0 aliphatic heterocycles. The topological polar surface area (TPSA) is 40.5 Å². The first-order valence-corrected chi connectivity index (χ1v) is 3.31. The van der Waals surface area contributed by atoms with Crippen LogP contribution in [0.2, 0.25) is 0 Å². The Morgan fingerprint density at radius 3 is 2.00 bits per heavy atom. The van der Waals surface area contributed by atoms with Crippen LogP contribution in [0, 0.1) is 5.92 Å². The minimum atomic E-state index is -0.650. The van der Waals surface area contributed by atoms with E-state index in [0.29, 0.717) is 6.42 Å². The van der Waals surface area contributed by atoms with E-state index in [1.165, 1.54) is 0 Å². The summed E-state index contributed by atoms with van der Waals surface area (Å²) in [5.74, 6) is 0.169. The van der Waals surface area contributed by atoms with Crippen molar-refractivity contribution in [3.63, 3.8) is 0 Å². The Hall–Kier alpha value is -0.0800. The highest BCUT2D eigenvalue weighted by Gasteiger charge is 2.20. The van der Waals surface area contributed by atoms with Crippen molar-refractivity contribution in [2.24, 2.45) is 5.92 Å². The van der Waals surface area contributed by atoms with Gasteiger partial charge >= 0.3 is 0 Å². The van der Waals surface area contributed by atoms with Crippen molar-refractivity contribution in [3.8, 4) is 0 Å². The summed E-state index contributed by atoms with van der Waals surface area (Å²) in [6.07, 6.45) is 0.670. The van der Waals surface area contributed by atoms with Crippen LogP contribution in [0.25, 0.3) is 0 Å². The molecule has 0 spiro atoms. The first-order chi connectivity index (χ1) is 3.98. The smallest absolute Gasteiger partial charge is 0.0618 e. The molecule has 0 rings (SSSR count). The van der Waals surface area contributed by atoms with Crippen molar-refractivity contribution < 1.29 is 10.2 Å². The van der Waals surface area contributed by atoms with Gasteiger partial charge in [0.15, 0.2) is 0 Å². The van der Waals surface area contributed by atoms with Gasteiger partial charge in [-0.25, -0.2) is 0 Å². The van der Waals surface area contributed by atoms with Crippen molar-refractivity contribution in [2.75, 3.05) is 6.61 Å². The zero-order valence-corrected chi connectivity index (χ0v) is 6.39. The lowest BCUT2D eigenvalue weighted by molar-refractivity contribution is 0.0145. The number of hydrogen-bond donors (Lipinski definition) is 2. The van der Waals surface area contributed by atoms with Gasteiger partial charge in [-0.3, -0.25) is 0 Å². The van der Waals surface area contributed by atoms with Gasteiger partial charge in [0.25, 0.3) is 0 Å². The lowest BCUT2D eigenvalue weighted by Gasteiger charge is -2.24. The number of aliphatic hydroxyl groups is 2. The van der Waals surface area contributed by atoms with Crippen molar-refractivity contribution in [1.82, 2.24) is 0 Å². The van der Waals surface area contributed by atoms with Crippen LogP contribution < -0.4 is 0 Å². The van der Waals surface area contributed by atoms with Crippen LogP contribution in [-0.4, -0.2) is 22.4 Å². The Bertz CT molecular complexity index is 73.5. The average molecular weight is 132 g/mol. The predicted octanol–water partition coefficient (Wildman–Crippen LogP) is 0.776. The normalized spacial score (nSPS) is 15.7. The number of rotatable bonds is 3. The zero-order chi connectivity index (χ0) is 7.49. The summed E-state index contributed by atoms with van der Waals surface area (Å²) < 4.78 is 0. The molecule has 9 heavy (non-hydrogen) atoms. The molecule has 1 atom stereocenters. The van der Waals surface area contributed by atoms with E-state index in [2.05, 4.69) is 0 Å². The maximum atomic E-state index is 9.31. The lowest BCUT2D eigenvalue weighted by atomic mass is 9.90. The summed E-state index contributed by atoms with van der Waals surface area (Å²) in [6.45, 7) is 5.60. The molecule has 0 fully saturated rings. The predicted molar refractivity (Wildman–Crippen MR) is 37.2 cm³/mol. The maximum Gasteiger partial charge on any atom is 0.0618 e. The molecule has 0 aromatic carbocycles. The minimum absolute atomic E-state index is 0.158. The molecule has 0 heterocycles. The summed E-state index contributed by atoms with van der Waals surface area (Å²) in [5.41, 5.74) is -0.650. The van der Waals surface area contributed by atoms with Gasteiger partial charge in [-0.05, 0) is 26.2 Å². The molecule has 0 aliphatic carbocycles. The first kappa shape index (κ1) is 8.92. The lowest BCUT2D eigenvalue weighted by Crippen LogP contribution is -2.29. The fraction of sp³-hybridized carbons (Fsp3) is 1.00. The molecule has 0 aliphatic rings. The fourth-order valence-corrected chi connectivity index (χ4v) is 0.547. The van der Waals surface area contributed by atoms with E-state index >= 15 is 0 Å². The molecule has 0 saturated carbocycles. The van der Waals surface area contributed by atoms with Crippen LogP contribution in [-0.2, 0) is 0 Å². The molecule has 0 bridgehead atoms. The molecule has 0 saturated heterocycles. The van der Waals surface area contributed by atoms with E-state index < -0.39 is 5.60 Å². The molecule has 0 aromatic rings. The quantitative estimate of drug-likeness (QED) is 0.595. The Kier molecular flexibility index (Phi) is 3.15. The van der Waals surface area contributed by atoms with E-state index in [1.54, 1.807) is 13.8 Å². The van der Waals surface area contributed by atoms with Crippen LogP contribution >= 0.6 is 0 Å². The molecule has 2 heteroatoms. The Morgan fingerprint density at radius 2 is 1.89 bits per heavy atom. The third kappa shape index (κ3) is 3.49. The van der Waals surface area contributed by atoms with E-state index in [-0.39, 0.29) is 12.5 Å². The second-order valence-electron chi connectivity index (χ2n) is 3.07. The Balaban J connectivity index is 3.59. The largest absolute Gasteiger partial charge is 0.396 e. The molecule has 56 valence electrons. The van der Waals surface area contributed by atoms with Gasteiger partial charge in [-0.1, -0.05) is 6.92 Å². The Labute approximate surface area is 56.5 Å². The standard InChI is InChI=1S/C7H16O2/c1-6(4-5-8)7(2,3)9/h6,8-9H,4-5H2,1-3H3. The van der Waals surface area contributed by atoms with Crippen molar-refractivity contribution in [3.05, 3.63) is 0 Å². The van der Waals surface area contributed by atoms with E-state index in [4.69, 9.17) is 5.11 Å².